The maximum absolute atomic E-state index is 13.8. The van der Waals surface area contributed by atoms with Crippen molar-refractivity contribution in [2.75, 3.05) is 26.2 Å². The van der Waals surface area contributed by atoms with Crippen LogP contribution in [-0.4, -0.2) is 49.7 Å². The van der Waals surface area contributed by atoms with Crippen LogP contribution in [0.5, 0.6) is 0 Å². The molecule has 0 bridgehead atoms. The highest BCUT2D eigenvalue weighted by atomic mass is 32.2. The van der Waals surface area contributed by atoms with Gasteiger partial charge in [-0.2, -0.15) is 4.31 Å². The number of nitrogens with zero attached hydrogens (tertiary/aromatic N) is 2. The van der Waals surface area contributed by atoms with Crippen LogP contribution >= 0.6 is 0 Å². The smallest absolute Gasteiger partial charge is 0.246 e. The summed E-state index contributed by atoms with van der Waals surface area (Å²) in [6.07, 6.45) is 1.48. The topological polar surface area (TPSA) is 57.7 Å². The number of hydrogen-bond acceptors (Lipinski definition) is 3. The summed E-state index contributed by atoms with van der Waals surface area (Å²) in [4.78, 5) is 13.3. The number of hydrogen-bond donors (Lipinski definition) is 0. The average Bonchev–Trinajstić information content (AvgIpc) is 2.58. The van der Waals surface area contributed by atoms with E-state index in [-0.39, 0.29) is 38.0 Å². The number of carbonyl (C=O) groups excluding carboxylic acids is 1. The lowest BCUT2D eigenvalue weighted by atomic mass is 10.0. The first-order valence-corrected chi connectivity index (χ1v) is 9.49. The van der Waals surface area contributed by atoms with Gasteiger partial charge in [0.25, 0.3) is 0 Å². The Bertz CT molecular complexity index is 697. The fourth-order valence-electron chi connectivity index (χ4n) is 2.86. The molecule has 0 N–H and O–H groups in total. The molecule has 0 radical (unpaired) electrons. The molecule has 0 aliphatic carbocycles. The Morgan fingerprint density at radius 2 is 1.71 bits per heavy atom. The van der Waals surface area contributed by atoms with E-state index in [9.17, 15) is 22.0 Å². The van der Waals surface area contributed by atoms with E-state index in [2.05, 4.69) is 0 Å². The maximum atomic E-state index is 13.8. The maximum Gasteiger partial charge on any atom is 0.246 e. The summed E-state index contributed by atoms with van der Waals surface area (Å²) in [5.74, 6) is -1.83. The Morgan fingerprint density at radius 1 is 1.12 bits per heavy atom. The molecule has 1 saturated heterocycles. The molecule has 8 heteroatoms. The van der Waals surface area contributed by atoms with Gasteiger partial charge in [-0.3, -0.25) is 4.79 Å². The molecular weight excluding hydrogens is 338 g/mol. The van der Waals surface area contributed by atoms with E-state index in [0.29, 0.717) is 6.07 Å². The quantitative estimate of drug-likeness (QED) is 0.809. The highest BCUT2D eigenvalue weighted by molar-refractivity contribution is 7.89. The minimum atomic E-state index is -4.12. The second kappa shape index (κ2) is 7.57. The van der Waals surface area contributed by atoms with Crippen LogP contribution in [0.2, 0.25) is 0 Å². The Morgan fingerprint density at radius 3 is 2.25 bits per heavy atom. The number of amides is 1. The van der Waals surface area contributed by atoms with Crippen molar-refractivity contribution in [2.24, 2.45) is 5.92 Å². The fraction of sp³-hybridized carbons (Fsp3) is 0.562. The van der Waals surface area contributed by atoms with Gasteiger partial charge < -0.3 is 4.90 Å². The van der Waals surface area contributed by atoms with Gasteiger partial charge >= 0.3 is 0 Å². The summed E-state index contributed by atoms with van der Waals surface area (Å²) in [6, 6.07) is 2.36. The van der Waals surface area contributed by atoms with Crippen LogP contribution in [0.15, 0.2) is 23.1 Å². The number of sulfonamides is 1. The van der Waals surface area contributed by atoms with Crippen molar-refractivity contribution < 1.29 is 22.0 Å². The fourth-order valence-corrected chi connectivity index (χ4v) is 4.36. The van der Waals surface area contributed by atoms with Crippen LogP contribution in [-0.2, 0) is 14.8 Å². The van der Waals surface area contributed by atoms with Gasteiger partial charge in [-0.15, -0.1) is 0 Å². The minimum Gasteiger partial charge on any atom is -0.340 e. The molecule has 1 aromatic carbocycles. The molecule has 0 aromatic heterocycles. The minimum absolute atomic E-state index is 0.0222. The Labute approximate surface area is 141 Å². The van der Waals surface area contributed by atoms with E-state index in [1.165, 1.54) is 0 Å². The summed E-state index contributed by atoms with van der Waals surface area (Å²) in [7, 11) is -4.12. The summed E-state index contributed by atoms with van der Waals surface area (Å²) < 4.78 is 53.2. The van der Waals surface area contributed by atoms with Crippen LogP contribution in [0.3, 0.4) is 0 Å². The van der Waals surface area contributed by atoms with Gasteiger partial charge in [-0.05, 0) is 31.0 Å². The Hall–Kier alpha value is -1.54. The summed E-state index contributed by atoms with van der Waals surface area (Å²) in [6.45, 7) is 4.55. The van der Waals surface area contributed by atoms with Crippen molar-refractivity contribution in [1.82, 2.24) is 9.21 Å². The second-order valence-electron chi connectivity index (χ2n) is 5.82. The largest absolute Gasteiger partial charge is 0.340 e. The highest BCUT2D eigenvalue weighted by Gasteiger charge is 2.33. The number of rotatable bonds is 5. The highest BCUT2D eigenvalue weighted by Crippen LogP contribution is 2.22. The zero-order valence-electron chi connectivity index (χ0n) is 13.8. The normalized spacial score (nSPS) is 16.6. The van der Waals surface area contributed by atoms with Crippen LogP contribution in [0.25, 0.3) is 0 Å². The molecule has 1 amide bonds. The second-order valence-corrected chi connectivity index (χ2v) is 7.72. The summed E-state index contributed by atoms with van der Waals surface area (Å²) in [5.41, 5.74) is 0. The molecule has 0 atom stereocenters. The van der Waals surface area contributed by atoms with Gasteiger partial charge in [0.15, 0.2) is 0 Å². The molecule has 1 aromatic rings. The summed E-state index contributed by atoms with van der Waals surface area (Å²) >= 11 is 0. The molecule has 1 heterocycles. The van der Waals surface area contributed by atoms with E-state index in [1.807, 2.05) is 13.8 Å². The van der Waals surface area contributed by atoms with E-state index < -0.39 is 26.6 Å². The third kappa shape index (κ3) is 3.75. The number of halogens is 2. The van der Waals surface area contributed by atoms with Crippen molar-refractivity contribution in [3.63, 3.8) is 0 Å². The Kier molecular flexibility index (Phi) is 5.92. The lowest BCUT2D eigenvalue weighted by Gasteiger charge is -2.35. The molecule has 0 spiro atoms. The standard InChI is InChI=1S/C16H22F2N2O3S/c1-3-12(4-2)16(21)19-7-9-20(10-8-19)24(22,23)15-11-13(17)5-6-14(15)18/h5-6,11-12H,3-4,7-10H2,1-2H3. The first-order chi connectivity index (χ1) is 11.3. The van der Waals surface area contributed by atoms with Crippen molar-refractivity contribution in [3.8, 4) is 0 Å². The van der Waals surface area contributed by atoms with Crippen LogP contribution in [0, 0.1) is 17.6 Å². The molecule has 2 rings (SSSR count). The van der Waals surface area contributed by atoms with Gasteiger partial charge in [-0.25, -0.2) is 17.2 Å². The molecule has 5 nitrogen and oxygen atoms in total. The third-order valence-electron chi connectivity index (χ3n) is 4.40. The number of piperazine rings is 1. The zero-order chi connectivity index (χ0) is 17.9. The van der Waals surface area contributed by atoms with Crippen LogP contribution in [0.4, 0.5) is 8.78 Å². The summed E-state index contributed by atoms with van der Waals surface area (Å²) in [5, 5.41) is 0. The van der Waals surface area contributed by atoms with E-state index >= 15 is 0 Å². The van der Waals surface area contributed by atoms with E-state index in [0.717, 1.165) is 29.3 Å². The van der Waals surface area contributed by atoms with E-state index in [1.54, 1.807) is 4.90 Å². The lowest BCUT2D eigenvalue weighted by Crippen LogP contribution is -2.51. The van der Waals surface area contributed by atoms with Crippen LogP contribution < -0.4 is 0 Å². The van der Waals surface area contributed by atoms with Gasteiger partial charge in [-0.1, -0.05) is 13.8 Å². The molecule has 1 aliphatic heterocycles. The molecule has 1 aliphatic rings. The molecule has 0 saturated carbocycles. The molecule has 0 unspecified atom stereocenters. The molecule has 24 heavy (non-hydrogen) atoms. The van der Waals surface area contributed by atoms with Crippen LogP contribution in [0.1, 0.15) is 26.7 Å². The molecular formula is C16H22F2N2O3S. The van der Waals surface area contributed by atoms with Crippen molar-refractivity contribution in [2.45, 2.75) is 31.6 Å². The lowest BCUT2D eigenvalue weighted by molar-refractivity contribution is -0.136. The van der Waals surface area contributed by atoms with Gasteiger partial charge in [0.1, 0.15) is 16.5 Å². The van der Waals surface area contributed by atoms with Crippen molar-refractivity contribution in [1.29, 1.82) is 0 Å². The Balaban J connectivity index is 2.11. The predicted octanol–water partition coefficient (Wildman–Crippen LogP) is 2.23. The predicted molar refractivity (Wildman–Crippen MR) is 85.8 cm³/mol. The first kappa shape index (κ1) is 18.8. The average molecular weight is 360 g/mol. The van der Waals surface area contributed by atoms with Gasteiger partial charge in [0.2, 0.25) is 15.9 Å². The number of benzene rings is 1. The monoisotopic (exact) mass is 360 g/mol. The van der Waals surface area contributed by atoms with E-state index in [4.69, 9.17) is 0 Å². The first-order valence-electron chi connectivity index (χ1n) is 8.05. The van der Waals surface area contributed by atoms with Gasteiger partial charge in [0.05, 0.1) is 0 Å². The van der Waals surface area contributed by atoms with Gasteiger partial charge in [0, 0.05) is 32.1 Å². The van der Waals surface area contributed by atoms with Crippen molar-refractivity contribution in [3.05, 3.63) is 29.8 Å². The van der Waals surface area contributed by atoms with Crippen molar-refractivity contribution >= 4 is 15.9 Å². The SMILES string of the molecule is CCC(CC)C(=O)N1CCN(S(=O)(=O)c2cc(F)ccc2F)CC1. The molecule has 1 fully saturated rings. The number of carbonyl (C=O) groups is 1. The zero-order valence-corrected chi connectivity index (χ0v) is 14.7. The molecule has 134 valence electrons. The third-order valence-corrected chi connectivity index (χ3v) is 6.31.